The highest BCUT2D eigenvalue weighted by molar-refractivity contribution is 5.49. The van der Waals surface area contributed by atoms with Crippen molar-refractivity contribution in [2.75, 3.05) is 33.9 Å². The van der Waals surface area contributed by atoms with Crippen LogP contribution in [-0.2, 0) is 6.42 Å². The molecular formula is C22H28N2O2. The van der Waals surface area contributed by atoms with Crippen LogP contribution in [0.2, 0.25) is 0 Å². The van der Waals surface area contributed by atoms with Crippen LogP contribution in [0.15, 0.2) is 42.7 Å². The smallest absolute Gasteiger partial charge is 0.137 e. The number of hydrogen-bond donors (Lipinski definition) is 0. The van der Waals surface area contributed by atoms with Gasteiger partial charge in [0.1, 0.15) is 11.5 Å². The van der Waals surface area contributed by atoms with Gasteiger partial charge in [-0.1, -0.05) is 25.1 Å². The fourth-order valence-corrected chi connectivity index (χ4v) is 3.56. The molecule has 1 aliphatic heterocycles. The number of rotatable bonds is 6. The predicted octanol–water partition coefficient (Wildman–Crippen LogP) is 4.16. The third-order valence-electron chi connectivity index (χ3n) is 5.01. The second-order valence-electron chi connectivity index (χ2n) is 6.87. The molecule has 138 valence electrons. The fraction of sp³-hybridized carbons (Fsp3) is 0.409. The summed E-state index contributed by atoms with van der Waals surface area (Å²) in [7, 11) is 3.40. The van der Waals surface area contributed by atoms with Gasteiger partial charge >= 0.3 is 0 Å². The summed E-state index contributed by atoms with van der Waals surface area (Å²) in [5, 5.41) is 0. The van der Waals surface area contributed by atoms with Crippen LogP contribution in [0.4, 0.5) is 0 Å². The van der Waals surface area contributed by atoms with Crippen LogP contribution in [0.25, 0.3) is 6.08 Å². The molecule has 0 saturated carbocycles. The number of ether oxygens (including phenoxy) is 2. The van der Waals surface area contributed by atoms with Gasteiger partial charge in [-0.15, -0.1) is 0 Å². The van der Waals surface area contributed by atoms with Crippen molar-refractivity contribution in [2.45, 2.75) is 25.7 Å². The Balaban J connectivity index is 1.55. The van der Waals surface area contributed by atoms with Gasteiger partial charge in [-0.05, 0) is 53.6 Å². The average molecular weight is 352 g/mol. The minimum Gasteiger partial charge on any atom is -0.497 e. The number of pyridine rings is 1. The van der Waals surface area contributed by atoms with E-state index in [1.807, 2.05) is 12.3 Å². The van der Waals surface area contributed by atoms with Crippen molar-refractivity contribution in [3.63, 3.8) is 0 Å². The number of hydrogen-bond acceptors (Lipinski definition) is 4. The topological polar surface area (TPSA) is 34.6 Å². The maximum atomic E-state index is 5.40. The number of benzene rings is 1. The second kappa shape index (κ2) is 8.86. The molecule has 0 fully saturated rings. The minimum absolute atomic E-state index is 0.522. The predicted molar refractivity (Wildman–Crippen MR) is 106 cm³/mol. The van der Waals surface area contributed by atoms with E-state index in [1.165, 1.54) is 11.1 Å². The lowest BCUT2D eigenvalue weighted by atomic mass is 9.95. The van der Waals surface area contributed by atoms with Gasteiger partial charge in [-0.25, -0.2) is 0 Å². The highest BCUT2D eigenvalue weighted by Gasteiger charge is 2.19. The monoisotopic (exact) mass is 352 g/mol. The summed E-state index contributed by atoms with van der Waals surface area (Å²) < 4.78 is 10.6. The summed E-state index contributed by atoms with van der Waals surface area (Å²) in [6.07, 6.45) is 10.1. The molecule has 26 heavy (non-hydrogen) atoms. The number of nitrogens with zero attached hydrogens (tertiary/aromatic N) is 2. The second-order valence-corrected chi connectivity index (χ2v) is 6.87. The summed E-state index contributed by atoms with van der Waals surface area (Å²) in [6.45, 7) is 5.59. The Morgan fingerprint density at radius 1 is 1.15 bits per heavy atom. The molecule has 1 aromatic heterocycles. The summed E-state index contributed by atoms with van der Waals surface area (Å²) in [5.74, 6) is 2.27. The van der Waals surface area contributed by atoms with Crippen LogP contribution < -0.4 is 9.47 Å². The van der Waals surface area contributed by atoms with E-state index in [4.69, 9.17) is 9.47 Å². The first-order chi connectivity index (χ1) is 12.7. The van der Waals surface area contributed by atoms with Crippen molar-refractivity contribution in [1.82, 2.24) is 9.88 Å². The Labute approximate surface area is 156 Å². The lowest BCUT2D eigenvalue weighted by Gasteiger charge is -2.22. The maximum Gasteiger partial charge on any atom is 0.137 e. The van der Waals surface area contributed by atoms with Gasteiger partial charge in [0, 0.05) is 25.8 Å². The van der Waals surface area contributed by atoms with Gasteiger partial charge in [-0.3, -0.25) is 4.98 Å². The third-order valence-corrected chi connectivity index (χ3v) is 5.01. The molecule has 0 aliphatic carbocycles. The summed E-state index contributed by atoms with van der Waals surface area (Å²) in [6, 6.07) is 8.51. The van der Waals surface area contributed by atoms with E-state index in [0.29, 0.717) is 5.92 Å². The first-order valence-corrected chi connectivity index (χ1v) is 9.24. The van der Waals surface area contributed by atoms with Gasteiger partial charge < -0.3 is 14.4 Å². The van der Waals surface area contributed by atoms with Crippen molar-refractivity contribution in [1.29, 1.82) is 0 Å². The lowest BCUT2D eigenvalue weighted by Crippen LogP contribution is -2.28. The van der Waals surface area contributed by atoms with Gasteiger partial charge in [0.2, 0.25) is 0 Å². The fourth-order valence-electron chi connectivity index (χ4n) is 3.56. The molecule has 0 saturated heterocycles. The quantitative estimate of drug-likeness (QED) is 0.782. The molecule has 2 aromatic rings. The molecule has 1 aliphatic rings. The molecule has 2 heterocycles. The Bertz CT molecular complexity index is 758. The Hall–Kier alpha value is -2.33. The van der Waals surface area contributed by atoms with Crippen molar-refractivity contribution < 1.29 is 9.47 Å². The van der Waals surface area contributed by atoms with Crippen LogP contribution in [0.5, 0.6) is 11.5 Å². The normalized spacial score (nSPS) is 17.7. The number of fused-ring (bicyclic) bond motifs is 1. The van der Waals surface area contributed by atoms with Crippen LogP contribution in [0, 0.1) is 0 Å². The van der Waals surface area contributed by atoms with E-state index in [9.17, 15) is 0 Å². The summed E-state index contributed by atoms with van der Waals surface area (Å²) >= 11 is 0. The minimum atomic E-state index is 0.522. The first-order valence-electron chi connectivity index (χ1n) is 9.24. The van der Waals surface area contributed by atoms with Gasteiger partial charge in [0.15, 0.2) is 0 Å². The summed E-state index contributed by atoms with van der Waals surface area (Å²) in [4.78, 5) is 6.75. The molecule has 4 heteroatoms. The van der Waals surface area contributed by atoms with Crippen LogP contribution in [0.3, 0.4) is 0 Å². The molecule has 0 amide bonds. The Morgan fingerprint density at radius 3 is 2.81 bits per heavy atom. The molecule has 1 aromatic carbocycles. The maximum absolute atomic E-state index is 5.40. The lowest BCUT2D eigenvalue weighted by molar-refractivity contribution is 0.277. The molecule has 0 N–H and O–H groups in total. The molecular weight excluding hydrogens is 324 g/mol. The molecule has 1 unspecified atom stereocenters. The van der Waals surface area contributed by atoms with Crippen molar-refractivity contribution in [3.05, 3.63) is 59.4 Å². The van der Waals surface area contributed by atoms with Crippen LogP contribution >= 0.6 is 0 Å². The van der Waals surface area contributed by atoms with Gasteiger partial charge in [0.25, 0.3) is 0 Å². The van der Waals surface area contributed by atoms with E-state index >= 15 is 0 Å². The molecule has 3 rings (SSSR count). The molecule has 0 radical (unpaired) electrons. The molecule has 1 atom stereocenters. The van der Waals surface area contributed by atoms with Crippen molar-refractivity contribution >= 4 is 6.08 Å². The third kappa shape index (κ3) is 4.64. The largest absolute Gasteiger partial charge is 0.497 e. The first kappa shape index (κ1) is 18.5. The zero-order chi connectivity index (χ0) is 18.4. The number of aromatic nitrogens is 1. The summed E-state index contributed by atoms with van der Waals surface area (Å²) in [5.41, 5.74) is 3.97. The van der Waals surface area contributed by atoms with Gasteiger partial charge in [-0.2, -0.15) is 0 Å². The van der Waals surface area contributed by atoms with E-state index < -0.39 is 0 Å². The zero-order valence-corrected chi connectivity index (χ0v) is 15.9. The van der Waals surface area contributed by atoms with Gasteiger partial charge in [0.05, 0.1) is 20.4 Å². The van der Waals surface area contributed by atoms with E-state index in [0.717, 1.165) is 49.5 Å². The average Bonchev–Trinajstić information content (AvgIpc) is 2.84. The molecule has 4 nitrogen and oxygen atoms in total. The van der Waals surface area contributed by atoms with E-state index in [2.05, 4.69) is 47.2 Å². The zero-order valence-electron chi connectivity index (χ0n) is 15.9. The van der Waals surface area contributed by atoms with Crippen molar-refractivity contribution in [2.24, 2.45) is 0 Å². The van der Waals surface area contributed by atoms with Crippen molar-refractivity contribution in [3.8, 4) is 11.5 Å². The highest BCUT2D eigenvalue weighted by Crippen LogP contribution is 2.28. The van der Waals surface area contributed by atoms with E-state index in [1.54, 1.807) is 20.4 Å². The molecule has 0 bridgehead atoms. The van der Waals surface area contributed by atoms with Crippen LogP contribution in [0.1, 0.15) is 36.0 Å². The highest BCUT2D eigenvalue weighted by atomic mass is 16.5. The molecule has 0 spiro atoms. The SMILES string of the molecule is COc1cncc(/C=C/CCN2CCc3ccc(OC)cc3C(C)C2)c1. The van der Waals surface area contributed by atoms with Crippen LogP contribution in [-0.4, -0.2) is 43.7 Å². The number of methoxy groups -OCH3 is 2. The Morgan fingerprint density at radius 2 is 2.00 bits per heavy atom. The van der Waals surface area contributed by atoms with E-state index in [-0.39, 0.29) is 0 Å². The standard InChI is InChI=1S/C22H28N2O2/c1-17-16-24(11-9-19-7-8-20(25-2)13-22(17)19)10-5-4-6-18-12-21(26-3)15-23-14-18/h4,6-8,12-15,17H,5,9-11,16H2,1-3H3/b6-4+. The Kier molecular flexibility index (Phi) is 6.29.